The van der Waals surface area contributed by atoms with Crippen LogP contribution in [0, 0.1) is 23.4 Å². The highest BCUT2D eigenvalue weighted by molar-refractivity contribution is 5.94. The maximum atomic E-state index is 13.2. The Kier molecular flexibility index (Phi) is 3.41. The molecular weight excluding hydrogens is 271 g/mol. The van der Waals surface area contributed by atoms with Crippen molar-refractivity contribution in [2.45, 2.75) is 18.9 Å². The Balaban J connectivity index is 1.87. The molecule has 0 spiro atoms. The summed E-state index contributed by atoms with van der Waals surface area (Å²) in [7, 11) is 0. The molecule has 1 aromatic carbocycles. The van der Waals surface area contributed by atoms with E-state index in [0.717, 1.165) is 25.0 Å². The number of ether oxygens (including phenoxy) is 1. The van der Waals surface area contributed by atoms with Gasteiger partial charge >= 0.3 is 0 Å². The van der Waals surface area contributed by atoms with E-state index in [1.807, 2.05) is 0 Å². The van der Waals surface area contributed by atoms with Crippen LogP contribution >= 0.6 is 0 Å². The van der Waals surface area contributed by atoms with Gasteiger partial charge in [0, 0.05) is 12.1 Å². The van der Waals surface area contributed by atoms with Crippen molar-refractivity contribution in [1.29, 1.82) is 0 Å². The van der Waals surface area contributed by atoms with Gasteiger partial charge in [-0.15, -0.1) is 0 Å². The first kappa shape index (κ1) is 13.4. The molecule has 2 aliphatic rings. The molecule has 1 aliphatic carbocycles. The number of amides is 1. The molecule has 1 atom stereocenters. The average Bonchev–Trinajstić information content (AvgIpc) is 3.28. The molecule has 108 valence electrons. The van der Waals surface area contributed by atoms with Crippen LogP contribution in [0.1, 0.15) is 23.2 Å². The molecule has 0 radical (unpaired) electrons. The Hall–Kier alpha value is -1.56. The molecule has 1 unspecified atom stereocenters. The van der Waals surface area contributed by atoms with E-state index in [1.54, 1.807) is 4.90 Å². The summed E-state index contributed by atoms with van der Waals surface area (Å²) in [6.45, 7) is 1.24. The van der Waals surface area contributed by atoms with Crippen LogP contribution in [-0.4, -0.2) is 36.6 Å². The van der Waals surface area contributed by atoms with Crippen LogP contribution in [0.4, 0.5) is 13.2 Å². The SMILES string of the molecule is O=C(c1cc(F)c(F)c(F)c1)N1CCOCC1C1CC1. The van der Waals surface area contributed by atoms with Crippen molar-refractivity contribution in [2.75, 3.05) is 19.8 Å². The molecule has 1 aliphatic heterocycles. The van der Waals surface area contributed by atoms with E-state index >= 15 is 0 Å². The third-order valence-corrected chi connectivity index (χ3v) is 3.82. The molecular formula is C14H14F3NO2. The molecule has 1 amide bonds. The van der Waals surface area contributed by atoms with Gasteiger partial charge in [-0.2, -0.15) is 0 Å². The number of carbonyl (C=O) groups excluding carboxylic acids is 1. The lowest BCUT2D eigenvalue weighted by atomic mass is 10.1. The average molecular weight is 285 g/mol. The molecule has 6 heteroatoms. The number of hydrogen-bond donors (Lipinski definition) is 0. The Morgan fingerprint density at radius 3 is 2.45 bits per heavy atom. The first-order chi connectivity index (χ1) is 9.58. The summed E-state index contributed by atoms with van der Waals surface area (Å²) in [6.07, 6.45) is 2.06. The number of morpholine rings is 1. The molecule has 0 aromatic heterocycles. The predicted molar refractivity (Wildman–Crippen MR) is 64.7 cm³/mol. The summed E-state index contributed by atoms with van der Waals surface area (Å²) in [5.41, 5.74) is -0.158. The van der Waals surface area contributed by atoms with E-state index in [9.17, 15) is 18.0 Å². The van der Waals surface area contributed by atoms with Crippen molar-refractivity contribution in [3.8, 4) is 0 Å². The van der Waals surface area contributed by atoms with Crippen molar-refractivity contribution in [3.05, 3.63) is 35.1 Å². The number of rotatable bonds is 2. The molecule has 3 nitrogen and oxygen atoms in total. The number of carbonyl (C=O) groups is 1. The van der Waals surface area contributed by atoms with Gasteiger partial charge in [0.2, 0.25) is 0 Å². The van der Waals surface area contributed by atoms with E-state index in [2.05, 4.69) is 0 Å². The second-order valence-electron chi connectivity index (χ2n) is 5.23. The molecule has 1 saturated carbocycles. The third kappa shape index (κ3) is 2.40. The van der Waals surface area contributed by atoms with Gasteiger partial charge in [0.15, 0.2) is 17.5 Å². The Bertz CT molecular complexity index is 522. The maximum Gasteiger partial charge on any atom is 0.254 e. The highest BCUT2D eigenvalue weighted by atomic mass is 19.2. The van der Waals surface area contributed by atoms with Crippen LogP contribution in [0.25, 0.3) is 0 Å². The molecule has 1 aromatic rings. The first-order valence-electron chi connectivity index (χ1n) is 6.61. The normalized spacial score (nSPS) is 22.9. The highest BCUT2D eigenvalue weighted by Crippen LogP contribution is 2.37. The van der Waals surface area contributed by atoms with Crippen molar-refractivity contribution >= 4 is 5.91 Å². The maximum absolute atomic E-state index is 13.2. The quantitative estimate of drug-likeness (QED) is 0.781. The van der Waals surface area contributed by atoms with E-state index in [1.165, 1.54) is 0 Å². The zero-order valence-electron chi connectivity index (χ0n) is 10.7. The van der Waals surface area contributed by atoms with Crippen LogP contribution in [-0.2, 0) is 4.74 Å². The van der Waals surface area contributed by atoms with E-state index in [4.69, 9.17) is 4.74 Å². The summed E-state index contributed by atoms with van der Waals surface area (Å²) in [5.74, 6) is -4.31. The standard InChI is InChI=1S/C14H14F3NO2/c15-10-5-9(6-11(16)13(10)17)14(19)18-3-4-20-7-12(18)8-1-2-8/h5-6,8,12H,1-4,7H2. The van der Waals surface area contributed by atoms with Crippen molar-refractivity contribution in [3.63, 3.8) is 0 Å². The minimum absolute atomic E-state index is 0.0487. The molecule has 0 bridgehead atoms. The molecule has 2 fully saturated rings. The van der Waals surface area contributed by atoms with Crippen LogP contribution < -0.4 is 0 Å². The van der Waals surface area contributed by atoms with E-state index < -0.39 is 23.4 Å². The van der Waals surface area contributed by atoms with E-state index in [0.29, 0.717) is 25.7 Å². The first-order valence-corrected chi connectivity index (χ1v) is 6.61. The van der Waals surface area contributed by atoms with Crippen molar-refractivity contribution < 1.29 is 22.7 Å². The lowest BCUT2D eigenvalue weighted by Gasteiger charge is -2.36. The number of halogens is 3. The van der Waals surface area contributed by atoms with Crippen LogP contribution in [0.15, 0.2) is 12.1 Å². The highest BCUT2D eigenvalue weighted by Gasteiger charge is 2.39. The summed E-state index contributed by atoms with van der Waals surface area (Å²) >= 11 is 0. The van der Waals surface area contributed by atoms with Gasteiger partial charge in [-0.25, -0.2) is 13.2 Å². The fourth-order valence-electron chi connectivity index (χ4n) is 2.59. The van der Waals surface area contributed by atoms with Crippen molar-refractivity contribution in [2.24, 2.45) is 5.92 Å². The molecule has 3 rings (SSSR count). The van der Waals surface area contributed by atoms with Crippen LogP contribution in [0.2, 0.25) is 0 Å². The summed E-state index contributed by atoms with van der Waals surface area (Å²) in [5, 5.41) is 0. The third-order valence-electron chi connectivity index (χ3n) is 3.82. The van der Waals surface area contributed by atoms with Gasteiger partial charge in [-0.1, -0.05) is 0 Å². The number of benzene rings is 1. The molecule has 0 N–H and O–H groups in total. The van der Waals surface area contributed by atoms with Gasteiger partial charge in [0.25, 0.3) is 5.91 Å². The zero-order chi connectivity index (χ0) is 14.3. The lowest BCUT2D eigenvalue weighted by molar-refractivity contribution is -0.00839. The lowest BCUT2D eigenvalue weighted by Crippen LogP contribution is -2.49. The van der Waals surface area contributed by atoms with Gasteiger partial charge in [-0.3, -0.25) is 4.79 Å². The minimum Gasteiger partial charge on any atom is -0.377 e. The predicted octanol–water partition coefficient (Wildman–Crippen LogP) is 2.35. The summed E-state index contributed by atoms with van der Waals surface area (Å²) in [4.78, 5) is 14.0. The molecule has 1 saturated heterocycles. The van der Waals surface area contributed by atoms with Crippen LogP contribution in [0.3, 0.4) is 0 Å². The molecule has 20 heavy (non-hydrogen) atoms. The smallest absolute Gasteiger partial charge is 0.254 e. The fraction of sp³-hybridized carbons (Fsp3) is 0.500. The second-order valence-corrected chi connectivity index (χ2v) is 5.23. The van der Waals surface area contributed by atoms with Gasteiger partial charge < -0.3 is 9.64 Å². The van der Waals surface area contributed by atoms with E-state index in [-0.39, 0.29) is 11.6 Å². The fourth-order valence-corrected chi connectivity index (χ4v) is 2.59. The van der Waals surface area contributed by atoms with Gasteiger partial charge in [0.1, 0.15) is 0 Å². The second kappa shape index (κ2) is 5.09. The summed E-state index contributed by atoms with van der Waals surface area (Å²) in [6, 6.07) is 1.45. The van der Waals surface area contributed by atoms with Crippen molar-refractivity contribution in [1.82, 2.24) is 4.90 Å². The molecule has 1 heterocycles. The largest absolute Gasteiger partial charge is 0.377 e. The number of nitrogens with zero attached hydrogens (tertiary/aromatic N) is 1. The summed E-state index contributed by atoms with van der Waals surface area (Å²) < 4.78 is 44.8. The van der Waals surface area contributed by atoms with Gasteiger partial charge in [-0.05, 0) is 30.9 Å². The van der Waals surface area contributed by atoms with Crippen LogP contribution in [0.5, 0.6) is 0 Å². The minimum atomic E-state index is -1.55. The Labute approximate surface area is 114 Å². The Morgan fingerprint density at radius 2 is 1.85 bits per heavy atom. The zero-order valence-corrected chi connectivity index (χ0v) is 10.7. The number of hydrogen-bond acceptors (Lipinski definition) is 2. The topological polar surface area (TPSA) is 29.5 Å². The van der Waals surface area contributed by atoms with Gasteiger partial charge in [0.05, 0.1) is 19.3 Å². The Morgan fingerprint density at radius 1 is 1.20 bits per heavy atom. The monoisotopic (exact) mass is 285 g/mol.